The van der Waals surface area contributed by atoms with Gasteiger partial charge in [0.1, 0.15) is 6.04 Å². The molecule has 0 fully saturated rings. The van der Waals surface area contributed by atoms with E-state index in [1.54, 1.807) is 12.1 Å². The van der Waals surface area contributed by atoms with Gasteiger partial charge in [-0.25, -0.2) is 9.78 Å². The quantitative estimate of drug-likeness (QED) is 0.794. The molecule has 1 amide bonds. The highest BCUT2D eigenvalue weighted by Crippen LogP contribution is 2.18. The van der Waals surface area contributed by atoms with Crippen LogP contribution in [0.15, 0.2) is 23.4 Å². The van der Waals surface area contributed by atoms with Gasteiger partial charge in [0, 0.05) is 18.9 Å². The Labute approximate surface area is 108 Å². The second-order valence-corrected chi connectivity index (χ2v) is 4.69. The standard InChI is InChI=1S/C10H11ClN2O3S/c1-6(14)13-8(10(15)16)5-17-9-3-2-7(11)4-12-9/h2-4,8H,5H2,1H3,(H,13,14)(H,15,16)/t8-/m0/s1. The number of aliphatic carboxylic acids is 1. The maximum Gasteiger partial charge on any atom is 0.327 e. The zero-order valence-electron chi connectivity index (χ0n) is 9.01. The molecule has 5 nitrogen and oxygen atoms in total. The number of hydrogen-bond donors (Lipinski definition) is 2. The van der Waals surface area contributed by atoms with Crippen molar-refractivity contribution in [3.05, 3.63) is 23.4 Å². The molecule has 0 bridgehead atoms. The molecule has 1 aromatic heterocycles. The van der Waals surface area contributed by atoms with E-state index in [0.29, 0.717) is 10.0 Å². The Morgan fingerprint density at radius 1 is 1.59 bits per heavy atom. The van der Waals surface area contributed by atoms with E-state index < -0.39 is 12.0 Å². The molecule has 0 saturated heterocycles. The lowest BCUT2D eigenvalue weighted by Gasteiger charge is -2.12. The summed E-state index contributed by atoms with van der Waals surface area (Å²) in [6.07, 6.45) is 1.48. The number of carboxylic acid groups (broad SMARTS) is 1. The summed E-state index contributed by atoms with van der Waals surface area (Å²) in [5, 5.41) is 12.4. The fourth-order valence-electron chi connectivity index (χ4n) is 1.04. The number of nitrogens with zero attached hydrogens (tertiary/aromatic N) is 1. The van der Waals surface area contributed by atoms with Gasteiger partial charge in [0.05, 0.1) is 10.0 Å². The number of hydrogen-bond acceptors (Lipinski definition) is 4. The Kier molecular flexibility index (Phi) is 5.24. The first-order chi connectivity index (χ1) is 7.99. The summed E-state index contributed by atoms with van der Waals surface area (Å²) in [5.41, 5.74) is 0. The number of rotatable bonds is 5. The predicted octanol–water partition coefficient (Wildman–Crippen LogP) is 1.42. The zero-order valence-corrected chi connectivity index (χ0v) is 10.6. The van der Waals surface area contributed by atoms with Crippen molar-refractivity contribution < 1.29 is 14.7 Å². The molecule has 0 aliphatic carbocycles. The van der Waals surface area contributed by atoms with Gasteiger partial charge < -0.3 is 10.4 Å². The minimum absolute atomic E-state index is 0.212. The van der Waals surface area contributed by atoms with Crippen LogP contribution in [0.2, 0.25) is 5.02 Å². The average Bonchev–Trinajstić information content (AvgIpc) is 2.25. The minimum Gasteiger partial charge on any atom is -0.480 e. The van der Waals surface area contributed by atoms with Crippen LogP contribution in [0, 0.1) is 0 Å². The van der Waals surface area contributed by atoms with Crippen LogP contribution in [-0.4, -0.2) is 33.8 Å². The molecule has 0 spiro atoms. The molecule has 0 saturated carbocycles. The van der Waals surface area contributed by atoms with Gasteiger partial charge >= 0.3 is 5.97 Å². The highest BCUT2D eigenvalue weighted by molar-refractivity contribution is 7.99. The SMILES string of the molecule is CC(=O)N[C@@H](CSc1ccc(Cl)cn1)C(=O)O. The second kappa shape index (κ2) is 6.46. The second-order valence-electron chi connectivity index (χ2n) is 3.22. The lowest BCUT2D eigenvalue weighted by atomic mass is 10.3. The lowest BCUT2D eigenvalue weighted by molar-refractivity contribution is -0.140. The Hall–Kier alpha value is -1.27. The van der Waals surface area contributed by atoms with Gasteiger partial charge in [0.15, 0.2) is 0 Å². The fourth-order valence-corrected chi connectivity index (χ4v) is 2.00. The molecule has 7 heteroatoms. The van der Waals surface area contributed by atoms with Crippen molar-refractivity contribution in [2.75, 3.05) is 5.75 Å². The number of nitrogens with one attached hydrogen (secondary N) is 1. The van der Waals surface area contributed by atoms with Gasteiger partial charge in [-0.1, -0.05) is 11.6 Å². The third-order valence-electron chi connectivity index (χ3n) is 1.77. The van der Waals surface area contributed by atoms with E-state index in [-0.39, 0.29) is 11.7 Å². The first-order valence-corrected chi connectivity index (χ1v) is 6.09. The van der Waals surface area contributed by atoms with Crippen molar-refractivity contribution in [2.24, 2.45) is 0 Å². The highest BCUT2D eigenvalue weighted by Gasteiger charge is 2.18. The molecule has 2 N–H and O–H groups in total. The molecule has 1 aromatic rings. The van der Waals surface area contributed by atoms with Crippen LogP contribution in [0.1, 0.15) is 6.92 Å². The first-order valence-electron chi connectivity index (χ1n) is 4.73. The molecule has 1 heterocycles. The van der Waals surface area contributed by atoms with E-state index in [4.69, 9.17) is 16.7 Å². The summed E-state index contributed by atoms with van der Waals surface area (Å²) in [4.78, 5) is 25.7. The smallest absolute Gasteiger partial charge is 0.327 e. The number of carbonyl (C=O) groups excluding carboxylic acids is 1. The molecule has 0 radical (unpaired) electrons. The van der Waals surface area contributed by atoms with Gasteiger partial charge in [-0.2, -0.15) is 0 Å². The molecular formula is C10H11ClN2O3S. The summed E-state index contributed by atoms with van der Waals surface area (Å²) < 4.78 is 0. The van der Waals surface area contributed by atoms with E-state index in [1.165, 1.54) is 24.9 Å². The number of halogens is 1. The zero-order chi connectivity index (χ0) is 12.8. The van der Waals surface area contributed by atoms with Crippen LogP contribution in [0.4, 0.5) is 0 Å². The van der Waals surface area contributed by atoms with Crippen LogP contribution in [0.3, 0.4) is 0 Å². The number of carboxylic acids is 1. The number of pyridine rings is 1. The van der Waals surface area contributed by atoms with Gasteiger partial charge in [-0.3, -0.25) is 4.79 Å². The first kappa shape index (κ1) is 13.8. The molecule has 0 aliphatic rings. The average molecular weight is 275 g/mol. The van der Waals surface area contributed by atoms with E-state index in [0.717, 1.165) is 0 Å². The van der Waals surface area contributed by atoms with Crippen LogP contribution < -0.4 is 5.32 Å². The topological polar surface area (TPSA) is 79.3 Å². The van der Waals surface area contributed by atoms with Gasteiger partial charge in [0.2, 0.25) is 5.91 Å². The third kappa shape index (κ3) is 5.06. The Balaban J connectivity index is 2.54. The Morgan fingerprint density at radius 2 is 2.29 bits per heavy atom. The van der Waals surface area contributed by atoms with Crippen molar-refractivity contribution >= 4 is 35.2 Å². The number of aromatic nitrogens is 1. The fraction of sp³-hybridized carbons (Fsp3) is 0.300. The lowest BCUT2D eigenvalue weighted by Crippen LogP contribution is -2.41. The summed E-state index contributed by atoms with van der Waals surface area (Å²) in [6, 6.07) is 2.44. The maximum absolute atomic E-state index is 10.8. The predicted molar refractivity (Wildman–Crippen MR) is 65.2 cm³/mol. The normalized spacial score (nSPS) is 11.9. The molecule has 1 atom stereocenters. The Bertz CT molecular complexity index is 411. The van der Waals surface area contributed by atoms with Crippen molar-refractivity contribution in [3.8, 4) is 0 Å². The van der Waals surface area contributed by atoms with Crippen LogP contribution in [0.25, 0.3) is 0 Å². The molecule has 0 aliphatic heterocycles. The van der Waals surface area contributed by atoms with Crippen LogP contribution in [-0.2, 0) is 9.59 Å². The summed E-state index contributed by atoms with van der Waals surface area (Å²) >= 11 is 6.91. The van der Waals surface area contributed by atoms with E-state index in [2.05, 4.69) is 10.3 Å². The molecular weight excluding hydrogens is 264 g/mol. The number of amides is 1. The molecule has 17 heavy (non-hydrogen) atoms. The number of carbonyl (C=O) groups is 2. The summed E-state index contributed by atoms with van der Waals surface area (Å²) in [6.45, 7) is 1.28. The van der Waals surface area contributed by atoms with Gasteiger partial charge in [-0.05, 0) is 12.1 Å². The maximum atomic E-state index is 10.8. The largest absolute Gasteiger partial charge is 0.480 e. The number of thioether (sulfide) groups is 1. The summed E-state index contributed by atoms with van der Waals surface area (Å²) in [7, 11) is 0. The van der Waals surface area contributed by atoms with Gasteiger partial charge in [0.25, 0.3) is 0 Å². The highest BCUT2D eigenvalue weighted by atomic mass is 35.5. The van der Waals surface area contributed by atoms with Crippen LogP contribution >= 0.6 is 23.4 Å². The summed E-state index contributed by atoms with van der Waals surface area (Å²) in [5.74, 6) is -1.23. The van der Waals surface area contributed by atoms with Crippen molar-refractivity contribution in [3.63, 3.8) is 0 Å². The van der Waals surface area contributed by atoms with E-state index in [1.807, 2.05) is 0 Å². The molecule has 0 unspecified atom stereocenters. The molecule has 92 valence electrons. The minimum atomic E-state index is -1.07. The monoisotopic (exact) mass is 274 g/mol. The van der Waals surface area contributed by atoms with Crippen molar-refractivity contribution in [1.29, 1.82) is 0 Å². The van der Waals surface area contributed by atoms with Crippen LogP contribution in [0.5, 0.6) is 0 Å². The molecule has 0 aromatic carbocycles. The van der Waals surface area contributed by atoms with Crippen molar-refractivity contribution in [1.82, 2.24) is 10.3 Å². The van der Waals surface area contributed by atoms with E-state index in [9.17, 15) is 9.59 Å². The molecule has 1 rings (SSSR count). The third-order valence-corrected chi connectivity index (χ3v) is 3.03. The van der Waals surface area contributed by atoms with Gasteiger partial charge in [-0.15, -0.1) is 11.8 Å². The Morgan fingerprint density at radius 3 is 2.76 bits per heavy atom. The van der Waals surface area contributed by atoms with E-state index >= 15 is 0 Å². The van der Waals surface area contributed by atoms with Crippen molar-refractivity contribution in [2.45, 2.75) is 18.0 Å².